The molecule has 0 spiro atoms. The molecule has 32 heavy (non-hydrogen) atoms. The van der Waals surface area contributed by atoms with Crippen LogP contribution in [-0.4, -0.2) is 28.0 Å². The van der Waals surface area contributed by atoms with Crippen LogP contribution in [0.1, 0.15) is 61.1 Å². The topological polar surface area (TPSA) is 54.3 Å². The molecule has 1 aliphatic carbocycles. The van der Waals surface area contributed by atoms with E-state index in [2.05, 4.69) is 19.2 Å². The van der Waals surface area contributed by atoms with Gasteiger partial charge in [0.25, 0.3) is 5.91 Å². The lowest BCUT2D eigenvalue weighted by Gasteiger charge is -2.45. The van der Waals surface area contributed by atoms with E-state index in [-0.39, 0.29) is 17.9 Å². The molecule has 1 aliphatic heterocycles. The number of carbonyl (C=O) groups excluding carboxylic acids is 2. The number of carbonyl (C=O) groups is 2. The van der Waals surface area contributed by atoms with Crippen LogP contribution in [0.2, 0.25) is 0 Å². The molecular weight excluding hydrogens is 418 g/mol. The van der Waals surface area contributed by atoms with E-state index in [0.29, 0.717) is 18.2 Å². The van der Waals surface area contributed by atoms with Gasteiger partial charge in [0, 0.05) is 11.7 Å². The van der Waals surface area contributed by atoms with Crippen molar-refractivity contribution in [2.75, 3.05) is 4.90 Å². The summed E-state index contributed by atoms with van der Waals surface area (Å²) < 4.78 is 3.12. The number of rotatable bonds is 3. The maximum atomic E-state index is 13.9. The Morgan fingerprint density at radius 3 is 2.66 bits per heavy atom. The van der Waals surface area contributed by atoms with E-state index in [1.807, 2.05) is 54.1 Å². The molecule has 0 bridgehead atoms. The second kappa shape index (κ2) is 7.77. The SMILES string of the molecule is Cc1ccc(N2C(=O)c3cc4sccc4n3C[C@]2(C)C(=O)N[C@@H]2CCCC[C@H]2C)cc1C. The molecule has 0 radical (unpaired) electrons. The highest BCUT2D eigenvalue weighted by molar-refractivity contribution is 7.17. The first-order chi connectivity index (χ1) is 15.3. The maximum Gasteiger partial charge on any atom is 0.275 e. The molecule has 2 aliphatic rings. The fourth-order valence-corrected chi connectivity index (χ4v) is 6.16. The number of aromatic nitrogens is 1. The highest BCUT2D eigenvalue weighted by Crippen LogP contribution is 2.38. The molecule has 2 aromatic heterocycles. The Bertz CT molecular complexity index is 1210. The summed E-state index contributed by atoms with van der Waals surface area (Å²) in [5.74, 6) is 0.277. The Morgan fingerprint density at radius 2 is 1.91 bits per heavy atom. The molecule has 1 fully saturated rings. The van der Waals surface area contributed by atoms with E-state index in [9.17, 15) is 9.59 Å². The van der Waals surface area contributed by atoms with Crippen LogP contribution in [0.4, 0.5) is 5.69 Å². The monoisotopic (exact) mass is 449 g/mol. The minimum absolute atomic E-state index is 0.0643. The summed E-state index contributed by atoms with van der Waals surface area (Å²) in [5.41, 5.74) is 3.73. The van der Waals surface area contributed by atoms with Crippen LogP contribution in [0.25, 0.3) is 10.2 Å². The third-order valence-corrected chi connectivity index (χ3v) is 8.42. The third-order valence-electron chi connectivity index (χ3n) is 7.57. The molecule has 1 N–H and O–H groups in total. The predicted molar refractivity (Wildman–Crippen MR) is 131 cm³/mol. The molecule has 0 saturated heterocycles. The Balaban J connectivity index is 1.60. The fourth-order valence-electron chi connectivity index (χ4n) is 5.34. The lowest BCUT2D eigenvalue weighted by atomic mass is 9.84. The van der Waals surface area contributed by atoms with E-state index in [4.69, 9.17) is 0 Å². The second-order valence-corrected chi connectivity index (χ2v) is 10.8. The van der Waals surface area contributed by atoms with Crippen molar-refractivity contribution in [3.8, 4) is 0 Å². The first-order valence-electron chi connectivity index (χ1n) is 11.6. The zero-order chi connectivity index (χ0) is 22.6. The molecule has 5 nitrogen and oxygen atoms in total. The molecule has 5 rings (SSSR count). The van der Waals surface area contributed by atoms with Gasteiger partial charge in [0.05, 0.1) is 16.8 Å². The lowest BCUT2D eigenvalue weighted by molar-refractivity contribution is -0.127. The number of fused-ring (bicyclic) bond motifs is 3. The molecule has 168 valence electrons. The van der Waals surface area contributed by atoms with Gasteiger partial charge in [-0.3, -0.25) is 14.5 Å². The number of nitrogens with zero attached hydrogens (tertiary/aromatic N) is 2. The van der Waals surface area contributed by atoms with Gasteiger partial charge in [-0.05, 0) is 80.3 Å². The molecular formula is C26H31N3O2S. The van der Waals surface area contributed by atoms with Gasteiger partial charge < -0.3 is 9.88 Å². The van der Waals surface area contributed by atoms with Crippen LogP contribution >= 0.6 is 11.3 Å². The van der Waals surface area contributed by atoms with E-state index < -0.39 is 5.54 Å². The normalized spacial score (nSPS) is 25.8. The number of aryl methyl sites for hydroxylation is 2. The van der Waals surface area contributed by atoms with E-state index >= 15 is 0 Å². The van der Waals surface area contributed by atoms with Gasteiger partial charge in [0.1, 0.15) is 11.2 Å². The number of thiophene rings is 1. The molecule has 3 heterocycles. The minimum Gasteiger partial charge on any atom is -0.351 e. The summed E-state index contributed by atoms with van der Waals surface area (Å²) >= 11 is 1.63. The van der Waals surface area contributed by atoms with Gasteiger partial charge in [-0.15, -0.1) is 11.3 Å². The van der Waals surface area contributed by atoms with E-state index in [1.165, 1.54) is 12.0 Å². The minimum atomic E-state index is -1.02. The van der Waals surface area contributed by atoms with Crippen LogP contribution in [0.5, 0.6) is 0 Å². The van der Waals surface area contributed by atoms with Crippen LogP contribution < -0.4 is 10.2 Å². The van der Waals surface area contributed by atoms with Gasteiger partial charge >= 0.3 is 0 Å². The quantitative estimate of drug-likeness (QED) is 0.579. The molecule has 2 amide bonds. The lowest BCUT2D eigenvalue weighted by Crippen LogP contribution is -2.65. The van der Waals surface area contributed by atoms with Crippen LogP contribution in [0.15, 0.2) is 35.7 Å². The average molecular weight is 450 g/mol. The van der Waals surface area contributed by atoms with Gasteiger partial charge in [-0.1, -0.05) is 25.8 Å². The standard InChI is InChI=1S/C26H31N3O2S/c1-16-9-10-19(13-18(16)3)29-24(30)22-14-23-21(11-12-32-23)28(22)15-26(29,4)25(31)27-20-8-6-5-7-17(20)2/h9-14,17,20H,5-8,15H2,1-4H3,(H,27,31)/t17-,20-,26-/m1/s1. The first-order valence-corrected chi connectivity index (χ1v) is 12.5. The number of anilines is 1. The van der Waals surface area contributed by atoms with Crippen molar-refractivity contribution >= 4 is 39.1 Å². The predicted octanol–water partition coefficient (Wildman–Crippen LogP) is 5.43. The first kappa shape index (κ1) is 21.3. The largest absolute Gasteiger partial charge is 0.351 e. The Morgan fingerprint density at radius 1 is 1.12 bits per heavy atom. The highest BCUT2D eigenvalue weighted by Gasteiger charge is 2.49. The summed E-state index contributed by atoms with van der Waals surface area (Å²) in [6, 6.07) is 10.2. The van der Waals surface area contributed by atoms with Crippen molar-refractivity contribution in [2.45, 2.75) is 71.5 Å². The molecule has 3 atom stereocenters. The van der Waals surface area contributed by atoms with Crippen molar-refractivity contribution in [3.05, 3.63) is 52.5 Å². The zero-order valence-electron chi connectivity index (χ0n) is 19.3. The molecule has 6 heteroatoms. The van der Waals surface area contributed by atoms with Crippen molar-refractivity contribution in [3.63, 3.8) is 0 Å². The second-order valence-electron chi connectivity index (χ2n) is 9.81. The molecule has 3 aromatic rings. The summed E-state index contributed by atoms with van der Waals surface area (Å²) in [4.78, 5) is 29.5. The number of nitrogens with one attached hydrogen (secondary N) is 1. The maximum absolute atomic E-state index is 13.9. The summed E-state index contributed by atoms with van der Waals surface area (Å²) in [7, 11) is 0. The van der Waals surface area contributed by atoms with Crippen molar-refractivity contribution in [1.29, 1.82) is 0 Å². The Hall–Kier alpha value is -2.60. The zero-order valence-corrected chi connectivity index (χ0v) is 20.1. The van der Waals surface area contributed by atoms with Gasteiger partial charge in [-0.2, -0.15) is 0 Å². The third kappa shape index (κ3) is 3.27. The number of amides is 2. The number of hydrogen-bond acceptors (Lipinski definition) is 3. The summed E-state index contributed by atoms with van der Waals surface area (Å²) in [6.45, 7) is 8.69. The van der Waals surface area contributed by atoms with Crippen molar-refractivity contribution < 1.29 is 9.59 Å². The van der Waals surface area contributed by atoms with Crippen molar-refractivity contribution in [1.82, 2.24) is 9.88 Å². The van der Waals surface area contributed by atoms with Gasteiger partial charge in [-0.25, -0.2) is 0 Å². The smallest absolute Gasteiger partial charge is 0.275 e. The van der Waals surface area contributed by atoms with Crippen molar-refractivity contribution in [2.24, 2.45) is 5.92 Å². The van der Waals surface area contributed by atoms with Crippen LogP contribution in [-0.2, 0) is 11.3 Å². The number of benzene rings is 1. The Kier molecular flexibility index (Phi) is 5.16. The van der Waals surface area contributed by atoms with Crippen LogP contribution in [0, 0.1) is 19.8 Å². The molecule has 1 aromatic carbocycles. The molecule has 0 unspecified atom stereocenters. The van der Waals surface area contributed by atoms with E-state index in [0.717, 1.165) is 40.7 Å². The summed E-state index contributed by atoms with van der Waals surface area (Å²) in [6.07, 6.45) is 4.51. The average Bonchev–Trinajstić information content (AvgIpc) is 3.35. The highest BCUT2D eigenvalue weighted by atomic mass is 32.1. The summed E-state index contributed by atoms with van der Waals surface area (Å²) in [5, 5.41) is 5.39. The fraction of sp³-hybridized carbons (Fsp3) is 0.462. The van der Waals surface area contributed by atoms with Gasteiger partial charge in [0.2, 0.25) is 5.91 Å². The van der Waals surface area contributed by atoms with Gasteiger partial charge in [0.15, 0.2) is 0 Å². The Labute approximate surface area is 193 Å². The van der Waals surface area contributed by atoms with Crippen LogP contribution in [0.3, 0.4) is 0 Å². The number of hydrogen-bond donors (Lipinski definition) is 1. The molecule has 1 saturated carbocycles. The van der Waals surface area contributed by atoms with E-state index in [1.54, 1.807) is 16.2 Å².